The number of H-pyrrole nitrogens is 1. The summed E-state index contributed by atoms with van der Waals surface area (Å²) in [5.41, 5.74) is 6.33. The molecule has 2 aliphatic rings. The number of likely N-dealkylation sites (N-methyl/N-ethyl adjacent to an activating group) is 1. The number of aromatic amines is 1. The van der Waals surface area contributed by atoms with Gasteiger partial charge in [-0.3, -0.25) is 0 Å². The van der Waals surface area contributed by atoms with Crippen molar-refractivity contribution in [3.8, 4) is 0 Å². The van der Waals surface area contributed by atoms with Gasteiger partial charge in [0.1, 0.15) is 12.0 Å². The van der Waals surface area contributed by atoms with Crippen LogP contribution in [0.15, 0.2) is 36.7 Å². The average Bonchev–Trinajstić information content (AvgIpc) is 3.12. The van der Waals surface area contributed by atoms with Gasteiger partial charge in [-0.2, -0.15) is 0 Å². The molecule has 2 aliphatic heterocycles. The highest BCUT2D eigenvalue weighted by Gasteiger charge is 2.25. The van der Waals surface area contributed by atoms with Gasteiger partial charge in [-0.15, -0.1) is 0 Å². The second-order valence-electron chi connectivity index (χ2n) is 7.88. The molecule has 0 spiro atoms. The minimum atomic E-state index is -0.124. The standard InChI is InChI=1S/C22H23ClN6O/c1-28-8-7-18-17(12-28)19-20(24-13-25-21(19)27-18)14-5-9-29(10-6-14)22(30)26-16-4-2-3-15(23)11-16/h2-5,11,13H,6-10,12H2,1H3,(H,26,30)(H,24,25,27). The number of carbonyl (C=O) groups excluding carboxylic acids is 1. The number of nitrogens with one attached hydrogen (secondary N) is 2. The van der Waals surface area contributed by atoms with E-state index in [9.17, 15) is 4.79 Å². The van der Waals surface area contributed by atoms with Crippen molar-refractivity contribution in [3.63, 3.8) is 0 Å². The van der Waals surface area contributed by atoms with E-state index in [1.165, 1.54) is 16.8 Å². The monoisotopic (exact) mass is 422 g/mol. The highest BCUT2D eigenvalue weighted by atomic mass is 35.5. The maximum Gasteiger partial charge on any atom is 0.322 e. The molecule has 0 unspecified atom stereocenters. The van der Waals surface area contributed by atoms with Crippen molar-refractivity contribution < 1.29 is 4.79 Å². The highest BCUT2D eigenvalue weighted by Crippen LogP contribution is 2.33. The van der Waals surface area contributed by atoms with Gasteiger partial charge in [0, 0.05) is 54.4 Å². The first kappa shape index (κ1) is 19.1. The van der Waals surface area contributed by atoms with Gasteiger partial charge >= 0.3 is 6.03 Å². The first-order valence-corrected chi connectivity index (χ1v) is 10.5. The molecular formula is C22H23ClN6O. The van der Waals surface area contributed by atoms with Crippen LogP contribution in [0.5, 0.6) is 0 Å². The first-order valence-electron chi connectivity index (χ1n) is 10.1. The molecule has 0 fully saturated rings. The van der Waals surface area contributed by atoms with Crippen molar-refractivity contribution in [3.05, 3.63) is 58.6 Å². The fraction of sp³-hybridized carbons (Fsp3) is 0.318. The van der Waals surface area contributed by atoms with Gasteiger partial charge in [0.2, 0.25) is 0 Å². The summed E-state index contributed by atoms with van der Waals surface area (Å²) in [5.74, 6) is 0. The van der Waals surface area contributed by atoms with Crippen molar-refractivity contribution in [1.82, 2.24) is 24.8 Å². The Morgan fingerprint density at radius 1 is 1.23 bits per heavy atom. The second kappa shape index (κ2) is 7.74. The number of benzene rings is 1. The molecule has 7 nitrogen and oxygen atoms in total. The van der Waals surface area contributed by atoms with E-state index in [1.807, 2.05) is 12.1 Å². The molecule has 5 rings (SSSR count). The lowest BCUT2D eigenvalue weighted by Crippen LogP contribution is -2.38. The van der Waals surface area contributed by atoms with Crippen LogP contribution >= 0.6 is 11.6 Å². The van der Waals surface area contributed by atoms with Crippen molar-refractivity contribution in [2.45, 2.75) is 19.4 Å². The van der Waals surface area contributed by atoms with Crippen LogP contribution in [0, 0.1) is 0 Å². The van der Waals surface area contributed by atoms with Gasteiger partial charge in [-0.1, -0.05) is 23.7 Å². The number of halogens is 1. The molecule has 154 valence electrons. The zero-order chi connectivity index (χ0) is 20.7. The number of hydrogen-bond acceptors (Lipinski definition) is 4. The predicted molar refractivity (Wildman–Crippen MR) is 119 cm³/mol. The lowest BCUT2D eigenvalue weighted by Gasteiger charge is -2.27. The summed E-state index contributed by atoms with van der Waals surface area (Å²) in [6.07, 6.45) is 5.49. The third kappa shape index (κ3) is 3.55. The Hall–Kier alpha value is -2.90. The number of anilines is 1. The molecule has 0 atom stereocenters. The summed E-state index contributed by atoms with van der Waals surface area (Å²) in [6.45, 7) is 3.12. The Bertz CT molecular complexity index is 1150. The molecule has 1 aromatic carbocycles. The zero-order valence-corrected chi connectivity index (χ0v) is 17.5. The van der Waals surface area contributed by atoms with E-state index in [0.29, 0.717) is 23.8 Å². The molecular weight excluding hydrogens is 400 g/mol. The molecule has 0 bridgehead atoms. The minimum Gasteiger partial charge on any atom is -0.343 e. The fourth-order valence-corrected chi connectivity index (χ4v) is 4.45. The number of rotatable bonds is 2. The van der Waals surface area contributed by atoms with Crippen LogP contribution in [-0.2, 0) is 13.0 Å². The van der Waals surface area contributed by atoms with Crippen LogP contribution in [-0.4, -0.2) is 57.5 Å². The van der Waals surface area contributed by atoms with Gasteiger partial charge in [-0.25, -0.2) is 14.8 Å². The molecule has 2 N–H and O–H groups in total. The largest absolute Gasteiger partial charge is 0.343 e. The van der Waals surface area contributed by atoms with Crippen molar-refractivity contribution >= 4 is 39.9 Å². The molecule has 0 radical (unpaired) electrons. The summed E-state index contributed by atoms with van der Waals surface area (Å²) in [6, 6.07) is 7.06. The number of nitrogens with zero attached hydrogens (tertiary/aromatic N) is 4. The Morgan fingerprint density at radius 3 is 2.93 bits per heavy atom. The molecule has 0 saturated carbocycles. The summed E-state index contributed by atoms with van der Waals surface area (Å²) in [5, 5.41) is 4.64. The second-order valence-corrected chi connectivity index (χ2v) is 8.32. The first-order chi connectivity index (χ1) is 14.6. The zero-order valence-electron chi connectivity index (χ0n) is 16.8. The summed E-state index contributed by atoms with van der Waals surface area (Å²) in [7, 11) is 2.14. The Labute approximate surface area is 179 Å². The van der Waals surface area contributed by atoms with E-state index in [0.717, 1.165) is 42.7 Å². The molecule has 3 aromatic rings. The minimum absolute atomic E-state index is 0.124. The third-order valence-electron chi connectivity index (χ3n) is 5.83. The maximum absolute atomic E-state index is 12.6. The van der Waals surface area contributed by atoms with Gasteiger partial charge in [-0.05, 0) is 42.8 Å². The number of aromatic nitrogens is 3. The lowest BCUT2D eigenvalue weighted by atomic mass is 9.98. The topological polar surface area (TPSA) is 77.2 Å². The van der Waals surface area contributed by atoms with Gasteiger partial charge < -0.3 is 20.1 Å². The fourth-order valence-electron chi connectivity index (χ4n) is 4.26. The normalized spacial score (nSPS) is 17.0. The number of hydrogen-bond donors (Lipinski definition) is 2. The highest BCUT2D eigenvalue weighted by molar-refractivity contribution is 6.30. The lowest BCUT2D eigenvalue weighted by molar-refractivity contribution is 0.217. The number of amides is 2. The molecule has 0 aliphatic carbocycles. The van der Waals surface area contributed by atoms with E-state index in [-0.39, 0.29) is 6.03 Å². The summed E-state index contributed by atoms with van der Waals surface area (Å²) >= 11 is 6.01. The van der Waals surface area contributed by atoms with E-state index in [1.54, 1.807) is 23.4 Å². The van der Waals surface area contributed by atoms with Crippen LogP contribution in [0.3, 0.4) is 0 Å². The van der Waals surface area contributed by atoms with Gasteiger partial charge in [0.15, 0.2) is 0 Å². The Kier molecular flexibility index (Phi) is 4.92. The van der Waals surface area contributed by atoms with Crippen LogP contribution < -0.4 is 5.32 Å². The van der Waals surface area contributed by atoms with E-state index in [2.05, 4.69) is 38.3 Å². The molecule has 30 heavy (non-hydrogen) atoms. The number of urea groups is 1. The Balaban J connectivity index is 1.38. The molecule has 0 saturated heterocycles. The Morgan fingerprint density at radius 2 is 2.13 bits per heavy atom. The quantitative estimate of drug-likeness (QED) is 0.656. The smallest absolute Gasteiger partial charge is 0.322 e. The number of carbonyl (C=O) groups is 1. The van der Waals surface area contributed by atoms with Crippen molar-refractivity contribution in [2.75, 3.05) is 32.0 Å². The van der Waals surface area contributed by atoms with Crippen molar-refractivity contribution in [2.24, 2.45) is 0 Å². The van der Waals surface area contributed by atoms with E-state index >= 15 is 0 Å². The third-order valence-corrected chi connectivity index (χ3v) is 6.07. The SMILES string of the molecule is CN1CCc2[nH]c3ncnc(C4=CCN(C(=O)Nc5cccc(Cl)c5)CC4)c3c2C1. The van der Waals surface area contributed by atoms with Crippen molar-refractivity contribution in [1.29, 1.82) is 0 Å². The van der Waals surface area contributed by atoms with Crippen LogP contribution in [0.2, 0.25) is 5.02 Å². The van der Waals surface area contributed by atoms with Crippen LogP contribution in [0.25, 0.3) is 16.6 Å². The molecule has 2 amide bonds. The van der Waals surface area contributed by atoms with Crippen LogP contribution in [0.1, 0.15) is 23.4 Å². The van der Waals surface area contributed by atoms with Gasteiger partial charge in [0.25, 0.3) is 0 Å². The molecule has 8 heteroatoms. The predicted octanol–water partition coefficient (Wildman–Crippen LogP) is 3.92. The average molecular weight is 423 g/mol. The maximum atomic E-state index is 12.6. The van der Waals surface area contributed by atoms with E-state index in [4.69, 9.17) is 11.6 Å². The van der Waals surface area contributed by atoms with Gasteiger partial charge in [0.05, 0.1) is 5.69 Å². The molecule has 2 aromatic heterocycles. The van der Waals surface area contributed by atoms with E-state index < -0.39 is 0 Å². The summed E-state index contributed by atoms with van der Waals surface area (Å²) < 4.78 is 0. The van der Waals surface area contributed by atoms with Crippen LogP contribution in [0.4, 0.5) is 10.5 Å². The summed E-state index contributed by atoms with van der Waals surface area (Å²) in [4.78, 5) is 29.3. The molecule has 4 heterocycles. The number of fused-ring (bicyclic) bond motifs is 3.